The second-order valence-corrected chi connectivity index (χ2v) is 10.5. The molecule has 0 saturated heterocycles. The highest BCUT2D eigenvalue weighted by atomic mass is 35.5. The van der Waals surface area contributed by atoms with Crippen molar-refractivity contribution in [2.24, 2.45) is 0 Å². The van der Waals surface area contributed by atoms with Crippen molar-refractivity contribution in [2.45, 2.75) is 44.8 Å². The average molecular weight is 485 g/mol. The minimum Gasteiger partial charge on any atom is -0.487 e. The normalized spacial score (nSPS) is 17.4. The van der Waals surface area contributed by atoms with Crippen LogP contribution in [0.1, 0.15) is 44.7 Å². The van der Waals surface area contributed by atoms with Gasteiger partial charge in [-0.15, -0.1) is 0 Å². The van der Waals surface area contributed by atoms with Gasteiger partial charge in [0.15, 0.2) is 0 Å². The number of halogens is 2. The van der Waals surface area contributed by atoms with E-state index < -0.39 is 22.5 Å². The molecular formula is C22H26Cl2N2O4S. The Bertz CT molecular complexity index is 1070. The molecule has 0 saturated carbocycles. The number of nitrogens with zero attached hydrogens (tertiary/aromatic N) is 1. The fraction of sp³-hybridized carbons (Fsp3) is 0.409. The number of carbonyl (C=O) groups is 1. The third-order valence-electron chi connectivity index (χ3n) is 5.69. The van der Waals surface area contributed by atoms with Crippen LogP contribution in [0.4, 0.5) is 5.69 Å². The second kappa shape index (κ2) is 9.27. The largest absolute Gasteiger partial charge is 0.487 e. The average Bonchev–Trinajstić information content (AvgIpc) is 2.71. The SMILES string of the molecule is CCC1(CC)CC(NC(=O)CN(c2ccc(Cl)cc2Cl)S(C)(=O)=O)c2ccccc2O1. The summed E-state index contributed by atoms with van der Waals surface area (Å²) >= 11 is 12.1. The number of nitrogens with one attached hydrogen (secondary N) is 1. The van der Waals surface area contributed by atoms with E-state index in [1.165, 1.54) is 18.2 Å². The van der Waals surface area contributed by atoms with Crippen molar-refractivity contribution in [3.8, 4) is 5.75 Å². The maximum absolute atomic E-state index is 13.0. The molecule has 0 aromatic heterocycles. The van der Waals surface area contributed by atoms with Crippen molar-refractivity contribution in [3.63, 3.8) is 0 Å². The maximum Gasteiger partial charge on any atom is 0.241 e. The van der Waals surface area contributed by atoms with Gasteiger partial charge in [-0.05, 0) is 37.1 Å². The Morgan fingerprint density at radius 1 is 1.19 bits per heavy atom. The van der Waals surface area contributed by atoms with Gasteiger partial charge in [0.25, 0.3) is 0 Å². The number of hydrogen-bond acceptors (Lipinski definition) is 4. The fourth-order valence-electron chi connectivity index (χ4n) is 3.87. The minimum absolute atomic E-state index is 0.151. The van der Waals surface area contributed by atoms with E-state index in [-0.39, 0.29) is 22.4 Å². The summed E-state index contributed by atoms with van der Waals surface area (Å²) in [4.78, 5) is 13.0. The van der Waals surface area contributed by atoms with Crippen LogP contribution in [0.25, 0.3) is 0 Å². The minimum atomic E-state index is -3.76. The molecular weight excluding hydrogens is 459 g/mol. The summed E-state index contributed by atoms with van der Waals surface area (Å²) < 4.78 is 32.1. The number of fused-ring (bicyclic) bond motifs is 1. The zero-order valence-corrected chi connectivity index (χ0v) is 20.0. The summed E-state index contributed by atoms with van der Waals surface area (Å²) in [5.74, 6) is 0.308. The van der Waals surface area contributed by atoms with Gasteiger partial charge in [0.1, 0.15) is 17.9 Å². The lowest BCUT2D eigenvalue weighted by molar-refractivity contribution is -0.121. The van der Waals surface area contributed by atoms with Crippen LogP contribution < -0.4 is 14.4 Å². The van der Waals surface area contributed by atoms with Gasteiger partial charge in [0, 0.05) is 17.0 Å². The van der Waals surface area contributed by atoms with Gasteiger partial charge >= 0.3 is 0 Å². The van der Waals surface area contributed by atoms with E-state index in [1.54, 1.807) is 0 Å². The number of rotatable bonds is 7. The van der Waals surface area contributed by atoms with Crippen molar-refractivity contribution < 1.29 is 17.9 Å². The van der Waals surface area contributed by atoms with Gasteiger partial charge < -0.3 is 10.1 Å². The van der Waals surface area contributed by atoms with Crippen LogP contribution in [0.5, 0.6) is 5.75 Å². The summed E-state index contributed by atoms with van der Waals surface area (Å²) in [6.07, 6.45) is 3.22. The molecule has 3 rings (SSSR count). The molecule has 1 aliphatic rings. The van der Waals surface area contributed by atoms with Crippen molar-refractivity contribution in [1.29, 1.82) is 0 Å². The summed E-state index contributed by atoms with van der Waals surface area (Å²) in [6, 6.07) is 11.8. The van der Waals surface area contributed by atoms with E-state index in [0.29, 0.717) is 11.4 Å². The molecule has 1 heterocycles. The van der Waals surface area contributed by atoms with Crippen molar-refractivity contribution in [1.82, 2.24) is 5.32 Å². The number of benzene rings is 2. The number of ether oxygens (including phenoxy) is 1. The molecule has 0 spiro atoms. The van der Waals surface area contributed by atoms with Crippen LogP contribution in [0.15, 0.2) is 42.5 Å². The highest BCUT2D eigenvalue weighted by molar-refractivity contribution is 7.92. The van der Waals surface area contributed by atoms with Crippen molar-refractivity contribution >= 4 is 44.8 Å². The molecule has 1 aliphatic heterocycles. The number of carbonyl (C=O) groups excluding carboxylic acids is 1. The zero-order valence-electron chi connectivity index (χ0n) is 17.7. The molecule has 1 amide bonds. The molecule has 0 fully saturated rings. The quantitative estimate of drug-likeness (QED) is 0.602. The highest BCUT2D eigenvalue weighted by Crippen LogP contribution is 2.42. The maximum atomic E-state index is 13.0. The Morgan fingerprint density at radius 3 is 2.48 bits per heavy atom. The van der Waals surface area contributed by atoms with E-state index >= 15 is 0 Å². The standard InChI is InChI=1S/C22H26Cl2N2O4S/c1-4-22(5-2)13-18(16-8-6-7-9-20(16)30-22)25-21(27)14-26(31(3,28)29)19-11-10-15(23)12-17(19)24/h6-12,18H,4-5,13-14H2,1-3H3,(H,25,27). The molecule has 1 atom stereocenters. The molecule has 168 valence electrons. The summed E-state index contributed by atoms with van der Waals surface area (Å²) in [7, 11) is -3.76. The van der Waals surface area contributed by atoms with Gasteiger partial charge in [-0.25, -0.2) is 8.42 Å². The Kier molecular flexibility index (Phi) is 7.08. The van der Waals surface area contributed by atoms with Crippen LogP contribution in [0, 0.1) is 0 Å². The number of anilines is 1. The highest BCUT2D eigenvalue weighted by Gasteiger charge is 2.39. The molecule has 0 aliphatic carbocycles. The van der Waals surface area contributed by atoms with E-state index in [4.69, 9.17) is 27.9 Å². The Hall–Kier alpha value is -1.96. The van der Waals surface area contributed by atoms with Gasteiger partial charge in [0.2, 0.25) is 15.9 Å². The van der Waals surface area contributed by atoms with Gasteiger partial charge in [0.05, 0.1) is 23.0 Å². The lowest BCUT2D eigenvalue weighted by Crippen LogP contribution is -2.47. The topological polar surface area (TPSA) is 75.7 Å². The van der Waals surface area contributed by atoms with E-state index in [0.717, 1.165) is 34.7 Å². The summed E-state index contributed by atoms with van der Waals surface area (Å²) in [5, 5.41) is 3.53. The summed E-state index contributed by atoms with van der Waals surface area (Å²) in [6.45, 7) is 3.72. The molecule has 9 heteroatoms. The third kappa shape index (κ3) is 5.27. The van der Waals surface area contributed by atoms with Gasteiger partial charge in [-0.1, -0.05) is 55.2 Å². The van der Waals surface area contributed by atoms with Gasteiger partial charge in [-0.2, -0.15) is 0 Å². The number of hydrogen-bond donors (Lipinski definition) is 1. The van der Waals surface area contributed by atoms with Gasteiger partial charge in [-0.3, -0.25) is 9.10 Å². The smallest absolute Gasteiger partial charge is 0.241 e. The third-order valence-corrected chi connectivity index (χ3v) is 7.35. The van der Waals surface area contributed by atoms with E-state index in [9.17, 15) is 13.2 Å². The summed E-state index contributed by atoms with van der Waals surface area (Å²) in [5.41, 5.74) is 0.693. The predicted molar refractivity (Wildman–Crippen MR) is 125 cm³/mol. The molecule has 2 aromatic carbocycles. The molecule has 0 bridgehead atoms. The monoisotopic (exact) mass is 484 g/mol. The van der Waals surface area contributed by atoms with Crippen molar-refractivity contribution in [3.05, 3.63) is 58.1 Å². The lowest BCUT2D eigenvalue weighted by atomic mass is 9.83. The molecule has 2 aromatic rings. The van der Waals surface area contributed by atoms with Crippen LogP contribution >= 0.6 is 23.2 Å². The van der Waals surface area contributed by atoms with Crippen LogP contribution in [0.2, 0.25) is 10.0 Å². The first kappa shape index (κ1) is 23.7. The first-order valence-corrected chi connectivity index (χ1v) is 12.7. The molecule has 31 heavy (non-hydrogen) atoms. The Labute approximate surface area is 193 Å². The molecule has 6 nitrogen and oxygen atoms in total. The Balaban J connectivity index is 1.87. The number of amides is 1. The lowest BCUT2D eigenvalue weighted by Gasteiger charge is -2.41. The number of para-hydroxylation sites is 1. The zero-order chi connectivity index (χ0) is 22.8. The first-order chi connectivity index (χ1) is 14.6. The molecule has 1 unspecified atom stereocenters. The number of sulfonamides is 1. The van der Waals surface area contributed by atoms with Crippen LogP contribution in [-0.2, 0) is 14.8 Å². The predicted octanol–water partition coefficient (Wildman–Crippen LogP) is 4.96. The van der Waals surface area contributed by atoms with E-state index in [2.05, 4.69) is 19.2 Å². The molecule has 1 N–H and O–H groups in total. The molecule has 0 radical (unpaired) electrons. The van der Waals surface area contributed by atoms with Crippen LogP contribution in [0.3, 0.4) is 0 Å². The fourth-order valence-corrected chi connectivity index (χ4v) is 5.29. The van der Waals surface area contributed by atoms with Crippen LogP contribution in [-0.4, -0.2) is 32.7 Å². The van der Waals surface area contributed by atoms with Crippen molar-refractivity contribution in [2.75, 3.05) is 17.1 Å². The first-order valence-electron chi connectivity index (χ1n) is 10.1. The second-order valence-electron chi connectivity index (χ2n) is 7.72. The van der Waals surface area contributed by atoms with E-state index in [1.807, 2.05) is 24.3 Å². The Morgan fingerprint density at radius 2 is 1.87 bits per heavy atom.